The van der Waals surface area contributed by atoms with Gasteiger partial charge in [0.2, 0.25) is 0 Å². The number of nitrogens with zero attached hydrogens (tertiary/aromatic N) is 1. The number of aromatic nitrogens is 2. The molecule has 0 aliphatic rings. The second kappa shape index (κ2) is 6.73. The molecule has 0 aliphatic carbocycles. The van der Waals surface area contributed by atoms with Crippen molar-refractivity contribution in [1.82, 2.24) is 15.5 Å². The molecule has 0 radical (unpaired) electrons. The Labute approximate surface area is 123 Å². The van der Waals surface area contributed by atoms with Gasteiger partial charge in [-0.25, -0.2) is 0 Å². The van der Waals surface area contributed by atoms with E-state index in [9.17, 15) is 4.79 Å². The van der Waals surface area contributed by atoms with Crippen LogP contribution in [0.25, 0.3) is 0 Å². The van der Waals surface area contributed by atoms with Gasteiger partial charge in [-0.1, -0.05) is 17.9 Å². The van der Waals surface area contributed by atoms with Gasteiger partial charge in [-0.15, -0.1) is 0 Å². The summed E-state index contributed by atoms with van der Waals surface area (Å²) in [5.41, 5.74) is 9.61. The van der Waals surface area contributed by atoms with Crippen molar-refractivity contribution in [3.8, 4) is 11.8 Å². The van der Waals surface area contributed by atoms with Crippen LogP contribution < -0.4 is 11.1 Å². The fourth-order valence-corrected chi connectivity index (χ4v) is 1.93. The third kappa shape index (κ3) is 3.71. The number of nitrogens with one attached hydrogen (secondary N) is 2. The molecule has 2 rings (SSSR count). The molecule has 5 nitrogen and oxygen atoms in total. The Hall–Kier alpha value is -2.58. The number of rotatable bonds is 3. The van der Waals surface area contributed by atoms with Crippen LogP contribution in [-0.4, -0.2) is 22.6 Å². The van der Waals surface area contributed by atoms with Gasteiger partial charge in [0.15, 0.2) is 0 Å². The molecule has 2 aromatic rings. The van der Waals surface area contributed by atoms with Crippen molar-refractivity contribution >= 4 is 5.91 Å². The number of nitrogens with two attached hydrogens (primary N) is 1. The number of carbonyl (C=O) groups excluding carboxylic acids is 1. The number of amides is 1. The van der Waals surface area contributed by atoms with E-state index in [0.717, 1.165) is 16.8 Å². The molecule has 21 heavy (non-hydrogen) atoms. The SMILES string of the molecule is Cc1ccc(C(=O)NCc2cn[nH]c2C)c(C#CCN)c1. The number of aromatic amines is 1. The van der Waals surface area contributed by atoms with Gasteiger partial charge in [0.25, 0.3) is 5.91 Å². The molecule has 0 saturated carbocycles. The van der Waals surface area contributed by atoms with Crippen molar-refractivity contribution in [3.05, 3.63) is 52.3 Å². The maximum Gasteiger partial charge on any atom is 0.252 e. The molecule has 0 saturated heterocycles. The highest BCUT2D eigenvalue weighted by molar-refractivity contribution is 5.96. The standard InChI is InChI=1S/C16H18N4O/c1-11-5-6-15(13(8-11)4-3-7-17)16(21)18-9-14-10-19-20-12(14)2/h5-6,8,10H,7,9,17H2,1-2H3,(H,18,21)(H,19,20). The zero-order valence-electron chi connectivity index (χ0n) is 12.2. The highest BCUT2D eigenvalue weighted by atomic mass is 16.1. The lowest BCUT2D eigenvalue weighted by Crippen LogP contribution is -2.24. The monoisotopic (exact) mass is 282 g/mol. The van der Waals surface area contributed by atoms with Crippen LogP contribution in [0.5, 0.6) is 0 Å². The van der Waals surface area contributed by atoms with Crippen molar-refractivity contribution in [3.63, 3.8) is 0 Å². The Morgan fingerprint density at radius 2 is 2.24 bits per heavy atom. The molecule has 108 valence electrons. The predicted molar refractivity (Wildman–Crippen MR) is 81.6 cm³/mol. The Morgan fingerprint density at radius 3 is 2.90 bits per heavy atom. The molecule has 0 spiro atoms. The molecule has 1 amide bonds. The van der Waals surface area contributed by atoms with Gasteiger partial charge in [0.05, 0.1) is 18.3 Å². The average Bonchev–Trinajstić information content (AvgIpc) is 2.88. The van der Waals surface area contributed by atoms with Gasteiger partial charge in [0.1, 0.15) is 0 Å². The average molecular weight is 282 g/mol. The summed E-state index contributed by atoms with van der Waals surface area (Å²) in [4.78, 5) is 12.3. The summed E-state index contributed by atoms with van der Waals surface area (Å²) in [7, 11) is 0. The Morgan fingerprint density at radius 1 is 1.43 bits per heavy atom. The van der Waals surface area contributed by atoms with E-state index in [-0.39, 0.29) is 12.5 Å². The van der Waals surface area contributed by atoms with Gasteiger partial charge in [-0.2, -0.15) is 5.10 Å². The number of carbonyl (C=O) groups is 1. The van der Waals surface area contributed by atoms with E-state index in [1.165, 1.54) is 0 Å². The molecule has 4 N–H and O–H groups in total. The Kier molecular flexibility index (Phi) is 4.75. The van der Waals surface area contributed by atoms with Crippen LogP contribution in [0, 0.1) is 25.7 Å². The van der Waals surface area contributed by atoms with Crippen LogP contribution in [-0.2, 0) is 6.54 Å². The van der Waals surface area contributed by atoms with E-state index in [1.54, 1.807) is 12.3 Å². The molecule has 5 heteroatoms. The minimum atomic E-state index is -0.156. The fraction of sp³-hybridized carbons (Fsp3) is 0.250. The normalized spacial score (nSPS) is 9.86. The van der Waals surface area contributed by atoms with Crippen LogP contribution in [0.4, 0.5) is 0 Å². The minimum absolute atomic E-state index is 0.156. The van der Waals surface area contributed by atoms with Gasteiger partial charge in [0, 0.05) is 23.4 Å². The van der Waals surface area contributed by atoms with Crippen molar-refractivity contribution < 1.29 is 4.79 Å². The number of aryl methyl sites for hydroxylation is 2. The zero-order valence-corrected chi connectivity index (χ0v) is 12.2. The highest BCUT2D eigenvalue weighted by Crippen LogP contribution is 2.11. The largest absolute Gasteiger partial charge is 0.348 e. The summed E-state index contributed by atoms with van der Waals surface area (Å²) in [6, 6.07) is 5.57. The molecule has 1 aromatic heterocycles. The van der Waals surface area contributed by atoms with E-state index >= 15 is 0 Å². The highest BCUT2D eigenvalue weighted by Gasteiger charge is 2.11. The predicted octanol–water partition coefficient (Wildman–Crippen LogP) is 1.27. The third-order valence-corrected chi connectivity index (χ3v) is 3.12. The van der Waals surface area contributed by atoms with Crippen LogP contribution in [0.1, 0.15) is 32.7 Å². The van der Waals surface area contributed by atoms with Gasteiger partial charge < -0.3 is 11.1 Å². The fourth-order valence-electron chi connectivity index (χ4n) is 1.93. The smallest absolute Gasteiger partial charge is 0.252 e. The maximum atomic E-state index is 12.3. The van der Waals surface area contributed by atoms with Crippen molar-refractivity contribution in [2.75, 3.05) is 6.54 Å². The van der Waals surface area contributed by atoms with E-state index < -0.39 is 0 Å². The maximum absolute atomic E-state index is 12.3. The van der Waals surface area contributed by atoms with Gasteiger partial charge in [-0.3, -0.25) is 9.89 Å². The summed E-state index contributed by atoms with van der Waals surface area (Å²) in [5.74, 6) is 5.58. The number of hydrogen-bond acceptors (Lipinski definition) is 3. The van der Waals surface area contributed by atoms with E-state index in [2.05, 4.69) is 27.4 Å². The minimum Gasteiger partial charge on any atom is -0.348 e. The topological polar surface area (TPSA) is 83.8 Å². The summed E-state index contributed by atoms with van der Waals surface area (Å²) in [6.45, 7) is 4.57. The lowest BCUT2D eigenvalue weighted by atomic mass is 10.0. The van der Waals surface area contributed by atoms with Crippen molar-refractivity contribution in [2.45, 2.75) is 20.4 Å². The first-order valence-electron chi connectivity index (χ1n) is 6.68. The lowest BCUT2D eigenvalue weighted by molar-refractivity contribution is 0.0950. The lowest BCUT2D eigenvalue weighted by Gasteiger charge is -2.07. The summed E-state index contributed by atoms with van der Waals surface area (Å²) >= 11 is 0. The molecule has 0 unspecified atom stereocenters. The molecule has 1 aromatic carbocycles. The first-order valence-corrected chi connectivity index (χ1v) is 6.68. The zero-order chi connectivity index (χ0) is 15.2. The number of hydrogen-bond donors (Lipinski definition) is 3. The molecule has 0 bridgehead atoms. The van der Waals surface area contributed by atoms with E-state index in [1.807, 2.05) is 26.0 Å². The van der Waals surface area contributed by atoms with Gasteiger partial charge in [-0.05, 0) is 31.5 Å². The second-order valence-corrected chi connectivity index (χ2v) is 4.76. The van der Waals surface area contributed by atoms with Gasteiger partial charge >= 0.3 is 0 Å². The third-order valence-electron chi connectivity index (χ3n) is 3.12. The number of H-pyrrole nitrogens is 1. The molecular formula is C16H18N4O. The first kappa shape index (κ1) is 14.8. The Balaban J connectivity index is 2.17. The summed E-state index contributed by atoms with van der Waals surface area (Å²) < 4.78 is 0. The number of benzene rings is 1. The van der Waals surface area contributed by atoms with Crippen molar-refractivity contribution in [1.29, 1.82) is 0 Å². The van der Waals surface area contributed by atoms with E-state index in [0.29, 0.717) is 17.7 Å². The van der Waals surface area contributed by atoms with Crippen LogP contribution in [0.3, 0.4) is 0 Å². The van der Waals surface area contributed by atoms with Crippen molar-refractivity contribution in [2.24, 2.45) is 5.73 Å². The quantitative estimate of drug-likeness (QED) is 0.741. The summed E-state index contributed by atoms with van der Waals surface area (Å²) in [6.07, 6.45) is 1.71. The van der Waals surface area contributed by atoms with E-state index in [4.69, 9.17) is 5.73 Å². The van der Waals surface area contributed by atoms with Crippen LogP contribution in [0.2, 0.25) is 0 Å². The summed E-state index contributed by atoms with van der Waals surface area (Å²) in [5, 5.41) is 9.65. The molecule has 0 fully saturated rings. The molecule has 0 atom stereocenters. The van der Waals surface area contributed by atoms with Crippen LogP contribution >= 0.6 is 0 Å². The Bertz CT molecular complexity index is 707. The van der Waals surface area contributed by atoms with Crippen LogP contribution in [0.15, 0.2) is 24.4 Å². The second-order valence-electron chi connectivity index (χ2n) is 4.76. The molecule has 1 heterocycles. The molecular weight excluding hydrogens is 264 g/mol. The molecule has 0 aliphatic heterocycles. The first-order chi connectivity index (χ1) is 10.1.